The van der Waals surface area contributed by atoms with Crippen LogP contribution in [0.25, 0.3) is 27.8 Å². The van der Waals surface area contributed by atoms with E-state index in [1.54, 1.807) is 32.5 Å². The van der Waals surface area contributed by atoms with Crippen LogP contribution >= 0.6 is 0 Å². The van der Waals surface area contributed by atoms with Crippen LogP contribution in [0, 0.1) is 0 Å². The molecule has 1 aliphatic heterocycles. The Balaban J connectivity index is 1.53. The van der Waals surface area contributed by atoms with E-state index in [1.807, 2.05) is 78.4 Å². The minimum absolute atomic E-state index is 0.135. The fraction of sp³-hybridized carbons (Fsp3) is 0.371. The first-order valence-corrected chi connectivity index (χ1v) is 15.6. The van der Waals surface area contributed by atoms with Gasteiger partial charge in [-0.15, -0.1) is 0 Å². The highest BCUT2D eigenvalue weighted by Gasteiger charge is 2.28. The highest BCUT2D eigenvalue weighted by Crippen LogP contribution is 2.34. The molecule has 0 bridgehead atoms. The molecule has 0 radical (unpaired) electrons. The summed E-state index contributed by atoms with van der Waals surface area (Å²) in [5.74, 6) is 0.585. The Morgan fingerprint density at radius 1 is 1.04 bits per heavy atom. The van der Waals surface area contributed by atoms with E-state index in [9.17, 15) is 9.59 Å². The number of amides is 1. The molecule has 0 N–H and O–H groups in total. The fourth-order valence-electron chi connectivity index (χ4n) is 5.65. The van der Waals surface area contributed by atoms with E-state index in [2.05, 4.69) is 5.10 Å². The van der Waals surface area contributed by atoms with Crippen molar-refractivity contribution < 1.29 is 28.5 Å². The van der Waals surface area contributed by atoms with Crippen LogP contribution in [0.4, 0.5) is 10.6 Å². The van der Waals surface area contributed by atoms with Crippen molar-refractivity contribution in [3.8, 4) is 17.0 Å². The number of anilines is 1. The molecule has 3 aromatic heterocycles. The molecule has 240 valence electrons. The van der Waals surface area contributed by atoms with E-state index in [0.29, 0.717) is 34.8 Å². The molecule has 11 nitrogen and oxygen atoms in total. The van der Waals surface area contributed by atoms with Gasteiger partial charge in [0.05, 0.1) is 48.1 Å². The molecule has 1 fully saturated rings. The van der Waals surface area contributed by atoms with Crippen molar-refractivity contribution in [2.24, 2.45) is 0 Å². The van der Waals surface area contributed by atoms with Crippen molar-refractivity contribution in [2.45, 2.75) is 65.3 Å². The Morgan fingerprint density at radius 2 is 1.85 bits per heavy atom. The normalized spacial score (nSPS) is 15.2. The number of hydrogen-bond acceptors (Lipinski definition) is 8. The SMILES string of the molecule is CCOC(=O)c1cc2c(N(Cc3ccc(OC)cc3)C(=O)OC(C)(C)C)nc3cc(-c4ccnn4C4CCCCO4)ccc3n2c1. The van der Waals surface area contributed by atoms with Gasteiger partial charge in [-0.05, 0) is 88.9 Å². The van der Waals surface area contributed by atoms with Gasteiger partial charge >= 0.3 is 12.1 Å². The number of ether oxygens (including phenoxy) is 4. The summed E-state index contributed by atoms with van der Waals surface area (Å²) in [6, 6.07) is 17.1. The van der Waals surface area contributed by atoms with Gasteiger partial charge in [0.25, 0.3) is 0 Å². The zero-order valence-corrected chi connectivity index (χ0v) is 26.9. The van der Waals surface area contributed by atoms with Gasteiger partial charge in [0.1, 0.15) is 11.4 Å². The monoisotopic (exact) mass is 625 g/mol. The average Bonchev–Trinajstić information content (AvgIpc) is 3.72. The molecule has 1 atom stereocenters. The lowest BCUT2D eigenvalue weighted by Gasteiger charge is -2.28. The van der Waals surface area contributed by atoms with Gasteiger partial charge in [-0.1, -0.05) is 18.2 Å². The van der Waals surface area contributed by atoms with Gasteiger partial charge in [0, 0.05) is 24.6 Å². The molecule has 0 spiro atoms. The molecule has 1 saturated heterocycles. The van der Waals surface area contributed by atoms with Gasteiger partial charge in [0.2, 0.25) is 0 Å². The van der Waals surface area contributed by atoms with E-state index in [-0.39, 0.29) is 19.4 Å². The molecule has 6 rings (SSSR count). The number of aromatic nitrogens is 4. The molecular weight excluding hydrogens is 586 g/mol. The summed E-state index contributed by atoms with van der Waals surface area (Å²) < 4.78 is 26.4. The predicted octanol–water partition coefficient (Wildman–Crippen LogP) is 7.18. The molecule has 1 unspecified atom stereocenters. The summed E-state index contributed by atoms with van der Waals surface area (Å²) in [5.41, 5.74) is 4.17. The minimum Gasteiger partial charge on any atom is -0.497 e. The Hall–Kier alpha value is -4.90. The van der Waals surface area contributed by atoms with Crippen molar-refractivity contribution in [1.82, 2.24) is 19.2 Å². The largest absolute Gasteiger partial charge is 0.497 e. The van der Waals surface area contributed by atoms with Gasteiger partial charge in [-0.2, -0.15) is 5.10 Å². The molecule has 0 saturated carbocycles. The van der Waals surface area contributed by atoms with Crippen molar-refractivity contribution in [2.75, 3.05) is 25.2 Å². The summed E-state index contributed by atoms with van der Waals surface area (Å²) in [4.78, 5) is 33.4. The quantitative estimate of drug-likeness (QED) is 0.167. The van der Waals surface area contributed by atoms with E-state index in [1.165, 1.54) is 4.90 Å². The van der Waals surface area contributed by atoms with Crippen molar-refractivity contribution >= 4 is 34.4 Å². The summed E-state index contributed by atoms with van der Waals surface area (Å²) >= 11 is 0. The van der Waals surface area contributed by atoms with Crippen LogP contribution in [0.2, 0.25) is 0 Å². The summed E-state index contributed by atoms with van der Waals surface area (Å²) in [6.45, 7) is 8.33. The fourth-order valence-corrected chi connectivity index (χ4v) is 5.65. The van der Waals surface area contributed by atoms with Crippen LogP contribution in [-0.4, -0.2) is 57.2 Å². The minimum atomic E-state index is -0.757. The summed E-state index contributed by atoms with van der Waals surface area (Å²) in [5, 5.41) is 4.58. The van der Waals surface area contributed by atoms with Crippen molar-refractivity contribution in [1.29, 1.82) is 0 Å². The zero-order valence-electron chi connectivity index (χ0n) is 26.9. The first kappa shape index (κ1) is 31.1. The number of fused-ring (bicyclic) bond motifs is 3. The molecule has 5 aromatic rings. The van der Waals surface area contributed by atoms with E-state index < -0.39 is 17.7 Å². The number of esters is 1. The van der Waals surface area contributed by atoms with Gasteiger partial charge in [-0.3, -0.25) is 4.90 Å². The molecule has 4 heterocycles. The number of carbonyl (C=O) groups is 2. The van der Waals surface area contributed by atoms with Gasteiger partial charge < -0.3 is 23.3 Å². The third kappa shape index (κ3) is 6.41. The van der Waals surface area contributed by atoms with Crippen LogP contribution in [0.5, 0.6) is 5.75 Å². The maximum Gasteiger partial charge on any atom is 0.416 e. The lowest BCUT2D eigenvalue weighted by molar-refractivity contribution is -0.0383. The lowest BCUT2D eigenvalue weighted by atomic mass is 10.1. The maximum absolute atomic E-state index is 13.9. The number of nitrogens with zero attached hydrogens (tertiary/aromatic N) is 5. The first-order chi connectivity index (χ1) is 22.1. The summed E-state index contributed by atoms with van der Waals surface area (Å²) in [6.07, 6.45) is 5.80. The molecule has 1 aliphatic rings. The Morgan fingerprint density at radius 3 is 2.54 bits per heavy atom. The number of rotatable bonds is 8. The van der Waals surface area contributed by atoms with Crippen LogP contribution in [0.1, 0.15) is 69.1 Å². The second-order valence-electron chi connectivity index (χ2n) is 12.2. The molecule has 11 heteroatoms. The number of hydrogen-bond donors (Lipinski definition) is 0. The van der Waals surface area contributed by atoms with Crippen LogP contribution in [0.15, 0.2) is 67.0 Å². The van der Waals surface area contributed by atoms with Gasteiger partial charge in [0.15, 0.2) is 12.0 Å². The van der Waals surface area contributed by atoms with Crippen molar-refractivity contribution in [3.05, 3.63) is 78.1 Å². The second kappa shape index (κ2) is 12.8. The molecule has 2 aromatic carbocycles. The average molecular weight is 626 g/mol. The molecule has 1 amide bonds. The number of benzene rings is 2. The Labute approximate surface area is 267 Å². The number of carbonyl (C=O) groups excluding carboxylic acids is 2. The summed E-state index contributed by atoms with van der Waals surface area (Å²) in [7, 11) is 1.61. The maximum atomic E-state index is 13.9. The van der Waals surface area contributed by atoms with E-state index >= 15 is 0 Å². The van der Waals surface area contributed by atoms with E-state index in [4.69, 9.17) is 23.9 Å². The molecule has 0 aliphatic carbocycles. The molecular formula is C35H39N5O6. The van der Waals surface area contributed by atoms with Crippen LogP contribution < -0.4 is 9.64 Å². The predicted molar refractivity (Wildman–Crippen MR) is 174 cm³/mol. The molecule has 46 heavy (non-hydrogen) atoms. The van der Waals surface area contributed by atoms with E-state index in [0.717, 1.165) is 41.6 Å². The highest BCUT2D eigenvalue weighted by molar-refractivity contribution is 5.99. The number of methoxy groups -OCH3 is 1. The topological polar surface area (TPSA) is 109 Å². The highest BCUT2D eigenvalue weighted by atomic mass is 16.6. The third-order valence-corrected chi connectivity index (χ3v) is 7.79. The Kier molecular flexibility index (Phi) is 8.68. The van der Waals surface area contributed by atoms with Crippen molar-refractivity contribution in [3.63, 3.8) is 0 Å². The second-order valence-corrected chi connectivity index (χ2v) is 12.2. The smallest absolute Gasteiger partial charge is 0.416 e. The standard InChI is InChI=1S/C35H39N5O6/c1-6-44-33(41)25-20-30-32(39(34(42)46-35(2,3)4)21-23-10-13-26(43-5)14-11-23)37-27-19-24(12-15-29(27)38(30)22-25)28-16-17-36-40(28)31-9-7-8-18-45-31/h10-17,19-20,22,31H,6-9,18,21H2,1-5H3. The zero-order chi connectivity index (χ0) is 32.4. The third-order valence-electron chi connectivity index (χ3n) is 7.79. The van der Waals surface area contributed by atoms with Crippen LogP contribution in [0.3, 0.4) is 0 Å². The Bertz CT molecular complexity index is 1860. The van der Waals surface area contributed by atoms with Gasteiger partial charge in [-0.25, -0.2) is 19.3 Å². The van der Waals surface area contributed by atoms with Crippen LogP contribution in [-0.2, 0) is 20.8 Å². The lowest BCUT2D eigenvalue weighted by Crippen LogP contribution is -2.37. The first-order valence-electron chi connectivity index (χ1n) is 15.6.